The van der Waals surface area contributed by atoms with Gasteiger partial charge in [0.25, 0.3) is 0 Å². The van der Waals surface area contributed by atoms with Gasteiger partial charge in [-0.25, -0.2) is 9.78 Å². The summed E-state index contributed by atoms with van der Waals surface area (Å²) in [4.78, 5) is 17.6. The van der Waals surface area contributed by atoms with Crippen LogP contribution in [0.2, 0.25) is 10.0 Å². The predicted molar refractivity (Wildman–Crippen MR) is 109 cm³/mol. The summed E-state index contributed by atoms with van der Waals surface area (Å²) in [7, 11) is 0. The van der Waals surface area contributed by atoms with Crippen LogP contribution in [0.3, 0.4) is 0 Å². The lowest BCUT2D eigenvalue weighted by molar-refractivity contribution is 0.262. The average molecular weight is 457 g/mol. The maximum absolute atomic E-state index is 12.2. The standard InChI is InChI=1S/C17H12BrCl2N3OS/c1-9-15(11-7-6-10(19)8-13(11)20)22-17(25-9)23-16(24)21-14-5-3-2-4-12(14)18/h2-8H,1H3,(H2,21,22,23,24). The topological polar surface area (TPSA) is 54.0 Å². The van der Waals surface area contributed by atoms with Crippen molar-refractivity contribution in [1.82, 2.24) is 4.98 Å². The first-order valence-corrected chi connectivity index (χ1v) is 9.56. The highest BCUT2D eigenvalue weighted by Gasteiger charge is 2.15. The van der Waals surface area contributed by atoms with Gasteiger partial charge in [-0.05, 0) is 53.2 Å². The van der Waals surface area contributed by atoms with Gasteiger partial charge in [0.05, 0.1) is 16.4 Å². The highest BCUT2D eigenvalue weighted by Crippen LogP contribution is 2.35. The third-order valence-corrected chi connectivity index (χ3v) is 5.45. The van der Waals surface area contributed by atoms with Gasteiger partial charge >= 0.3 is 6.03 Å². The number of hydrogen-bond donors (Lipinski definition) is 2. The Labute approximate surface area is 167 Å². The molecule has 3 aromatic rings. The third-order valence-electron chi connectivity index (χ3n) is 3.33. The first-order valence-electron chi connectivity index (χ1n) is 7.19. The van der Waals surface area contributed by atoms with Crippen molar-refractivity contribution in [2.75, 3.05) is 10.6 Å². The van der Waals surface area contributed by atoms with Crippen molar-refractivity contribution in [3.63, 3.8) is 0 Å². The van der Waals surface area contributed by atoms with E-state index in [1.165, 1.54) is 11.3 Å². The van der Waals surface area contributed by atoms with E-state index in [1.807, 2.05) is 31.2 Å². The average Bonchev–Trinajstić information content (AvgIpc) is 2.90. The highest BCUT2D eigenvalue weighted by atomic mass is 79.9. The number of nitrogens with zero attached hydrogens (tertiary/aromatic N) is 1. The molecule has 0 aliphatic heterocycles. The van der Waals surface area contributed by atoms with Crippen LogP contribution in [0.15, 0.2) is 46.9 Å². The Morgan fingerprint density at radius 1 is 1.16 bits per heavy atom. The van der Waals surface area contributed by atoms with Crippen LogP contribution in [0, 0.1) is 6.92 Å². The minimum Gasteiger partial charge on any atom is -0.307 e. The molecule has 2 aromatic carbocycles. The highest BCUT2D eigenvalue weighted by molar-refractivity contribution is 9.10. The number of halogens is 3. The van der Waals surface area contributed by atoms with E-state index < -0.39 is 0 Å². The molecule has 0 aliphatic rings. The number of hydrogen-bond acceptors (Lipinski definition) is 3. The van der Waals surface area contributed by atoms with Crippen molar-refractivity contribution in [2.45, 2.75) is 6.92 Å². The minimum absolute atomic E-state index is 0.366. The summed E-state index contributed by atoms with van der Waals surface area (Å²) in [5.41, 5.74) is 2.18. The van der Waals surface area contributed by atoms with Crippen LogP contribution in [-0.4, -0.2) is 11.0 Å². The Hall–Kier alpha value is -1.60. The van der Waals surface area contributed by atoms with E-state index in [9.17, 15) is 4.79 Å². The van der Waals surface area contributed by atoms with Crippen molar-refractivity contribution in [3.8, 4) is 11.3 Å². The maximum Gasteiger partial charge on any atom is 0.325 e. The zero-order valence-electron chi connectivity index (χ0n) is 12.9. The van der Waals surface area contributed by atoms with Gasteiger partial charge in [-0.2, -0.15) is 0 Å². The summed E-state index contributed by atoms with van der Waals surface area (Å²) in [6.07, 6.45) is 0. The van der Waals surface area contributed by atoms with Crippen molar-refractivity contribution in [3.05, 3.63) is 61.9 Å². The summed E-state index contributed by atoms with van der Waals surface area (Å²) in [6, 6.07) is 12.2. The fourth-order valence-electron chi connectivity index (χ4n) is 2.19. The summed E-state index contributed by atoms with van der Waals surface area (Å²) in [6.45, 7) is 1.93. The zero-order valence-corrected chi connectivity index (χ0v) is 16.9. The molecule has 0 spiro atoms. The molecule has 3 rings (SSSR count). The number of nitrogens with one attached hydrogen (secondary N) is 2. The molecule has 0 fully saturated rings. The lowest BCUT2D eigenvalue weighted by Gasteiger charge is -2.07. The number of carbonyl (C=O) groups is 1. The molecule has 1 heterocycles. The molecule has 4 nitrogen and oxygen atoms in total. The second-order valence-electron chi connectivity index (χ2n) is 5.11. The first-order chi connectivity index (χ1) is 11.9. The lowest BCUT2D eigenvalue weighted by atomic mass is 10.1. The van der Waals surface area contributed by atoms with Crippen LogP contribution >= 0.6 is 50.5 Å². The van der Waals surface area contributed by atoms with Crippen LogP contribution < -0.4 is 10.6 Å². The van der Waals surface area contributed by atoms with Crippen molar-refractivity contribution >= 4 is 67.3 Å². The predicted octanol–water partition coefficient (Wildman–Crippen LogP) is 6.83. The first kappa shape index (κ1) is 18.2. The van der Waals surface area contributed by atoms with E-state index in [0.29, 0.717) is 20.9 Å². The van der Waals surface area contributed by atoms with Crippen LogP contribution in [0.5, 0.6) is 0 Å². The molecular weight excluding hydrogens is 445 g/mol. The van der Waals surface area contributed by atoms with Crippen molar-refractivity contribution in [2.24, 2.45) is 0 Å². The number of thiazole rings is 1. The van der Waals surface area contributed by atoms with Crippen LogP contribution in [-0.2, 0) is 0 Å². The smallest absolute Gasteiger partial charge is 0.307 e. The number of urea groups is 1. The number of carbonyl (C=O) groups excluding carboxylic acids is 1. The van der Waals surface area contributed by atoms with Gasteiger partial charge in [0.1, 0.15) is 0 Å². The Bertz CT molecular complexity index is 945. The van der Waals surface area contributed by atoms with Gasteiger partial charge in [-0.15, -0.1) is 11.3 Å². The molecule has 0 radical (unpaired) electrons. The number of aromatic nitrogens is 1. The number of rotatable bonds is 3. The largest absolute Gasteiger partial charge is 0.325 e. The number of para-hydroxylation sites is 1. The quantitative estimate of drug-likeness (QED) is 0.453. The van der Waals surface area contributed by atoms with Gasteiger partial charge in [-0.1, -0.05) is 35.3 Å². The molecule has 8 heteroatoms. The van der Waals surface area contributed by atoms with Gasteiger partial charge in [-0.3, -0.25) is 5.32 Å². The van der Waals surface area contributed by atoms with Crippen LogP contribution in [0.25, 0.3) is 11.3 Å². The van der Waals surface area contributed by atoms with E-state index in [4.69, 9.17) is 23.2 Å². The van der Waals surface area contributed by atoms with Gasteiger partial charge in [0, 0.05) is 19.9 Å². The molecule has 25 heavy (non-hydrogen) atoms. The van der Waals surface area contributed by atoms with E-state index >= 15 is 0 Å². The Morgan fingerprint density at radius 2 is 1.92 bits per heavy atom. The molecule has 2 amide bonds. The zero-order chi connectivity index (χ0) is 18.0. The van der Waals surface area contributed by atoms with E-state index in [0.717, 1.165) is 20.6 Å². The van der Waals surface area contributed by atoms with Crippen molar-refractivity contribution in [1.29, 1.82) is 0 Å². The summed E-state index contributed by atoms with van der Waals surface area (Å²) in [5, 5.41) is 7.09. The molecule has 0 aliphatic carbocycles. The van der Waals surface area contributed by atoms with E-state index in [-0.39, 0.29) is 6.03 Å². The SMILES string of the molecule is Cc1sc(NC(=O)Nc2ccccc2Br)nc1-c1ccc(Cl)cc1Cl. The normalized spacial score (nSPS) is 10.6. The van der Waals surface area contributed by atoms with Crippen LogP contribution in [0.4, 0.5) is 15.6 Å². The second kappa shape index (κ2) is 7.74. The Balaban J connectivity index is 1.78. The monoisotopic (exact) mass is 455 g/mol. The molecular formula is C17H12BrCl2N3OS. The third kappa shape index (κ3) is 4.33. The van der Waals surface area contributed by atoms with Gasteiger partial charge in [0.15, 0.2) is 5.13 Å². The summed E-state index contributed by atoms with van der Waals surface area (Å²) >= 11 is 17.0. The van der Waals surface area contributed by atoms with E-state index in [2.05, 4.69) is 31.5 Å². The molecule has 1 aromatic heterocycles. The number of anilines is 2. The van der Waals surface area contributed by atoms with Gasteiger partial charge in [0.2, 0.25) is 0 Å². The fraction of sp³-hybridized carbons (Fsp3) is 0.0588. The summed E-state index contributed by atoms with van der Waals surface area (Å²) < 4.78 is 0.800. The molecule has 0 saturated carbocycles. The molecule has 2 N–H and O–H groups in total. The maximum atomic E-state index is 12.2. The molecule has 0 unspecified atom stereocenters. The Kier molecular flexibility index (Phi) is 5.64. The lowest BCUT2D eigenvalue weighted by Crippen LogP contribution is -2.19. The number of benzene rings is 2. The van der Waals surface area contributed by atoms with E-state index in [1.54, 1.807) is 18.2 Å². The molecule has 128 valence electrons. The molecule has 0 atom stereocenters. The fourth-order valence-corrected chi connectivity index (χ4v) is 3.90. The van der Waals surface area contributed by atoms with Crippen LogP contribution in [0.1, 0.15) is 4.88 Å². The number of aryl methyl sites for hydroxylation is 1. The van der Waals surface area contributed by atoms with Crippen molar-refractivity contribution < 1.29 is 4.79 Å². The second-order valence-corrected chi connectivity index (χ2v) is 8.01. The molecule has 0 bridgehead atoms. The molecule has 0 saturated heterocycles. The van der Waals surface area contributed by atoms with Gasteiger partial charge < -0.3 is 5.32 Å². The Morgan fingerprint density at radius 3 is 2.64 bits per heavy atom. The minimum atomic E-state index is -0.366. The summed E-state index contributed by atoms with van der Waals surface area (Å²) in [5.74, 6) is 0. The number of amides is 2.